The second-order valence-corrected chi connectivity index (χ2v) is 5.49. The van der Waals surface area contributed by atoms with Gasteiger partial charge in [-0.3, -0.25) is 4.98 Å². The van der Waals surface area contributed by atoms with Gasteiger partial charge in [-0.25, -0.2) is 0 Å². The minimum atomic E-state index is -0.282. The first kappa shape index (κ1) is 12.7. The monoisotopic (exact) mass is 246 g/mol. The van der Waals surface area contributed by atoms with Crippen molar-refractivity contribution in [1.29, 1.82) is 0 Å². The van der Waals surface area contributed by atoms with Crippen LogP contribution < -0.4 is 5.73 Å². The molecule has 2 heterocycles. The normalized spacial score (nSPS) is 13.6. The molecule has 1 atom stereocenters. The third-order valence-electron chi connectivity index (χ3n) is 2.92. The van der Waals surface area contributed by atoms with Crippen LogP contribution in [0.4, 0.5) is 0 Å². The lowest BCUT2D eigenvalue weighted by molar-refractivity contribution is 0.253. The molecule has 18 heavy (non-hydrogen) atoms. The quantitative estimate of drug-likeness (QED) is 0.880. The number of hydrogen-bond donors (Lipinski definition) is 1. The van der Waals surface area contributed by atoms with Crippen LogP contribution in [0.2, 0.25) is 0 Å². The van der Waals surface area contributed by atoms with E-state index in [-0.39, 0.29) is 11.5 Å². The van der Waals surface area contributed by atoms with E-state index in [2.05, 4.69) is 15.1 Å². The predicted octanol–water partition coefficient (Wildman–Crippen LogP) is 2.49. The maximum Gasteiger partial charge on any atom is 0.244 e. The van der Waals surface area contributed by atoms with Crippen LogP contribution in [0.3, 0.4) is 0 Å². The number of aromatic nitrogens is 3. The van der Waals surface area contributed by atoms with Gasteiger partial charge in [0.05, 0.1) is 6.04 Å². The van der Waals surface area contributed by atoms with E-state index >= 15 is 0 Å². The zero-order valence-electron chi connectivity index (χ0n) is 11.1. The molecular formula is C13H18N4O. The van der Waals surface area contributed by atoms with E-state index in [0.29, 0.717) is 11.7 Å². The van der Waals surface area contributed by atoms with Gasteiger partial charge < -0.3 is 10.3 Å². The molecular weight excluding hydrogens is 228 g/mol. The Morgan fingerprint density at radius 2 is 2.06 bits per heavy atom. The molecule has 0 bridgehead atoms. The molecule has 0 radical (unpaired) electrons. The molecule has 0 amide bonds. The number of rotatable bonds is 2. The van der Waals surface area contributed by atoms with Gasteiger partial charge in [-0.15, -0.1) is 0 Å². The molecule has 0 aliphatic rings. The fourth-order valence-electron chi connectivity index (χ4n) is 1.54. The van der Waals surface area contributed by atoms with E-state index in [1.807, 2.05) is 33.8 Å². The van der Waals surface area contributed by atoms with Gasteiger partial charge >= 0.3 is 0 Å². The van der Waals surface area contributed by atoms with Crippen molar-refractivity contribution in [3.63, 3.8) is 0 Å². The first-order chi connectivity index (χ1) is 8.39. The Bertz CT molecular complexity index is 542. The summed E-state index contributed by atoms with van der Waals surface area (Å²) in [6, 6.07) is 1.63. The van der Waals surface area contributed by atoms with Gasteiger partial charge in [-0.2, -0.15) is 4.98 Å². The van der Waals surface area contributed by atoms with E-state index in [0.717, 1.165) is 11.1 Å². The molecule has 0 aromatic carbocycles. The Morgan fingerprint density at radius 3 is 2.67 bits per heavy atom. The van der Waals surface area contributed by atoms with Crippen LogP contribution in [-0.2, 0) is 0 Å². The van der Waals surface area contributed by atoms with E-state index in [4.69, 9.17) is 10.3 Å². The van der Waals surface area contributed by atoms with E-state index in [9.17, 15) is 0 Å². The second-order valence-electron chi connectivity index (χ2n) is 5.49. The van der Waals surface area contributed by atoms with Gasteiger partial charge in [0.1, 0.15) is 0 Å². The molecule has 5 heteroatoms. The number of pyridine rings is 1. The standard InChI is InChI=1S/C13H18N4O/c1-8-5-6-15-7-9(8)11-16-12(18-17-11)10(14)13(2,3)4/h5-7,10H,14H2,1-4H3/t10-/m0/s1. The minimum Gasteiger partial charge on any atom is -0.337 e. The van der Waals surface area contributed by atoms with E-state index in [1.165, 1.54) is 0 Å². The van der Waals surface area contributed by atoms with Crippen molar-refractivity contribution < 1.29 is 4.52 Å². The molecule has 0 fully saturated rings. The third kappa shape index (κ3) is 2.41. The first-order valence-electron chi connectivity index (χ1n) is 5.90. The van der Waals surface area contributed by atoms with Crippen LogP contribution in [0.25, 0.3) is 11.4 Å². The summed E-state index contributed by atoms with van der Waals surface area (Å²) in [6.07, 6.45) is 3.47. The molecule has 2 N–H and O–H groups in total. The van der Waals surface area contributed by atoms with Gasteiger partial charge in [0.15, 0.2) is 0 Å². The minimum absolute atomic E-state index is 0.117. The molecule has 2 aromatic heterocycles. The van der Waals surface area contributed by atoms with Gasteiger partial charge in [-0.1, -0.05) is 25.9 Å². The summed E-state index contributed by atoms with van der Waals surface area (Å²) >= 11 is 0. The Kier molecular flexibility index (Phi) is 3.17. The van der Waals surface area contributed by atoms with Crippen molar-refractivity contribution >= 4 is 0 Å². The molecule has 2 aromatic rings. The molecule has 2 rings (SSSR count). The highest BCUT2D eigenvalue weighted by atomic mass is 16.5. The highest BCUT2D eigenvalue weighted by Crippen LogP contribution is 2.30. The van der Waals surface area contributed by atoms with Crippen LogP contribution in [0, 0.1) is 12.3 Å². The Labute approximate surface area is 106 Å². The molecule has 0 saturated carbocycles. The summed E-state index contributed by atoms with van der Waals surface area (Å²) in [5.41, 5.74) is 7.90. The van der Waals surface area contributed by atoms with E-state index < -0.39 is 0 Å². The average molecular weight is 246 g/mol. The van der Waals surface area contributed by atoms with Gasteiger partial charge in [-0.05, 0) is 24.0 Å². The Hall–Kier alpha value is -1.75. The third-order valence-corrected chi connectivity index (χ3v) is 2.92. The van der Waals surface area contributed by atoms with Crippen LogP contribution >= 0.6 is 0 Å². The number of aryl methyl sites for hydroxylation is 1. The highest BCUT2D eigenvalue weighted by molar-refractivity contribution is 5.57. The van der Waals surface area contributed by atoms with Gasteiger partial charge in [0.25, 0.3) is 0 Å². The molecule has 96 valence electrons. The number of nitrogens with zero attached hydrogens (tertiary/aromatic N) is 3. The molecule has 0 aliphatic heterocycles. The van der Waals surface area contributed by atoms with Crippen molar-refractivity contribution in [2.45, 2.75) is 33.7 Å². The van der Waals surface area contributed by atoms with Crippen LogP contribution in [0.1, 0.15) is 38.3 Å². The molecule has 0 aliphatic carbocycles. The zero-order valence-corrected chi connectivity index (χ0v) is 11.1. The average Bonchev–Trinajstić information content (AvgIpc) is 2.76. The van der Waals surface area contributed by atoms with Gasteiger partial charge in [0.2, 0.25) is 11.7 Å². The SMILES string of the molecule is Cc1ccncc1-c1noc([C@H](N)C(C)(C)C)n1. The zero-order chi connectivity index (χ0) is 13.3. The van der Waals surface area contributed by atoms with Crippen molar-refractivity contribution in [3.8, 4) is 11.4 Å². The van der Waals surface area contributed by atoms with Crippen molar-refractivity contribution in [1.82, 2.24) is 15.1 Å². The predicted molar refractivity (Wildman–Crippen MR) is 68.6 cm³/mol. The molecule has 5 nitrogen and oxygen atoms in total. The summed E-state index contributed by atoms with van der Waals surface area (Å²) in [7, 11) is 0. The summed E-state index contributed by atoms with van der Waals surface area (Å²) in [5, 5.41) is 3.98. The van der Waals surface area contributed by atoms with Crippen molar-refractivity contribution in [3.05, 3.63) is 29.9 Å². The van der Waals surface area contributed by atoms with Crippen LogP contribution in [0.15, 0.2) is 23.0 Å². The van der Waals surface area contributed by atoms with Crippen molar-refractivity contribution in [2.75, 3.05) is 0 Å². The lowest BCUT2D eigenvalue weighted by Gasteiger charge is -2.23. The maximum absolute atomic E-state index is 6.09. The molecule has 0 unspecified atom stereocenters. The molecule has 0 saturated heterocycles. The summed E-state index contributed by atoms with van der Waals surface area (Å²) < 4.78 is 5.25. The fraction of sp³-hybridized carbons (Fsp3) is 0.462. The van der Waals surface area contributed by atoms with Crippen LogP contribution in [-0.4, -0.2) is 15.1 Å². The summed E-state index contributed by atoms with van der Waals surface area (Å²) in [5.74, 6) is 0.996. The largest absolute Gasteiger partial charge is 0.337 e. The Balaban J connectivity index is 2.35. The maximum atomic E-state index is 6.09. The lowest BCUT2D eigenvalue weighted by atomic mass is 9.87. The fourth-order valence-corrected chi connectivity index (χ4v) is 1.54. The lowest BCUT2D eigenvalue weighted by Crippen LogP contribution is -2.26. The second kappa shape index (κ2) is 4.49. The number of hydrogen-bond acceptors (Lipinski definition) is 5. The number of nitrogens with two attached hydrogens (primary N) is 1. The van der Waals surface area contributed by atoms with E-state index in [1.54, 1.807) is 12.4 Å². The topological polar surface area (TPSA) is 77.8 Å². The molecule has 0 spiro atoms. The van der Waals surface area contributed by atoms with Gasteiger partial charge in [0, 0.05) is 18.0 Å². The first-order valence-corrected chi connectivity index (χ1v) is 5.90. The summed E-state index contributed by atoms with van der Waals surface area (Å²) in [4.78, 5) is 8.44. The summed E-state index contributed by atoms with van der Waals surface area (Å²) in [6.45, 7) is 8.10. The Morgan fingerprint density at radius 1 is 1.33 bits per heavy atom. The highest BCUT2D eigenvalue weighted by Gasteiger charge is 2.27. The van der Waals surface area contributed by atoms with Crippen molar-refractivity contribution in [2.24, 2.45) is 11.1 Å². The smallest absolute Gasteiger partial charge is 0.244 e. The van der Waals surface area contributed by atoms with Crippen LogP contribution in [0.5, 0.6) is 0 Å².